The van der Waals surface area contributed by atoms with Gasteiger partial charge in [0.2, 0.25) is 5.91 Å². The second-order valence-corrected chi connectivity index (χ2v) is 4.93. The minimum atomic E-state index is 0.0773. The molecule has 0 spiro atoms. The summed E-state index contributed by atoms with van der Waals surface area (Å²) >= 11 is 0. The van der Waals surface area contributed by atoms with Gasteiger partial charge in [-0.15, -0.1) is 0 Å². The Morgan fingerprint density at radius 3 is 1.92 bits per heavy atom. The van der Waals surface area contributed by atoms with Gasteiger partial charge >= 0.3 is 0 Å². The summed E-state index contributed by atoms with van der Waals surface area (Å²) in [7, 11) is 0. The van der Waals surface area contributed by atoms with E-state index in [9.17, 15) is 4.79 Å². The minimum Gasteiger partial charge on any atom is -0.356 e. The van der Waals surface area contributed by atoms with Crippen LogP contribution in [0, 0.1) is 16.7 Å². The Bertz CT molecular complexity index is 192. The predicted octanol–water partition coefficient (Wildman–Crippen LogP) is 1.80. The van der Waals surface area contributed by atoms with Crippen LogP contribution in [0.15, 0.2) is 0 Å². The van der Waals surface area contributed by atoms with Crippen LogP contribution in [0.2, 0.25) is 0 Å². The summed E-state index contributed by atoms with van der Waals surface area (Å²) in [5.74, 6) is 0.711. The van der Waals surface area contributed by atoms with E-state index in [1.54, 1.807) is 6.92 Å². The molecule has 2 nitrogen and oxygen atoms in total. The molecule has 0 unspecified atom stereocenters. The van der Waals surface area contributed by atoms with Crippen LogP contribution >= 0.6 is 0 Å². The van der Waals surface area contributed by atoms with E-state index in [-0.39, 0.29) is 5.91 Å². The molecule has 1 aliphatic rings. The third-order valence-corrected chi connectivity index (χ3v) is 3.87. The van der Waals surface area contributed by atoms with E-state index in [4.69, 9.17) is 0 Å². The minimum absolute atomic E-state index is 0.0773. The summed E-state index contributed by atoms with van der Waals surface area (Å²) in [5, 5.41) is 2.88. The van der Waals surface area contributed by atoms with Gasteiger partial charge in [0.05, 0.1) is 0 Å². The van der Waals surface area contributed by atoms with Crippen LogP contribution in [0.1, 0.15) is 34.6 Å². The summed E-state index contributed by atoms with van der Waals surface area (Å²) in [6.45, 7) is 11.5. The molecule has 1 aliphatic carbocycles. The van der Waals surface area contributed by atoms with Gasteiger partial charge in [-0.05, 0) is 16.7 Å². The fourth-order valence-corrected chi connectivity index (χ4v) is 2.09. The van der Waals surface area contributed by atoms with Crippen molar-refractivity contribution >= 4 is 5.91 Å². The topological polar surface area (TPSA) is 29.1 Å². The zero-order valence-corrected chi connectivity index (χ0v) is 8.69. The Labute approximate surface area is 74.7 Å². The molecule has 2 heteroatoms. The molecular formula is C10H19NO. The summed E-state index contributed by atoms with van der Waals surface area (Å²) in [6.07, 6.45) is 0. The first-order valence-corrected chi connectivity index (χ1v) is 4.54. The lowest BCUT2D eigenvalue weighted by atomic mass is 10.0. The van der Waals surface area contributed by atoms with E-state index in [1.807, 2.05) is 0 Å². The molecule has 0 radical (unpaired) electrons. The molecule has 0 saturated heterocycles. The number of carbonyl (C=O) groups excluding carboxylic acids is 1. The van der Waals surface area contributed by atoms with Crippen molar-refractivity contribution in [1.82, 2.24) is 5.32 Å². The van der Waals surface area contributed by atoms with Gasteiger partial charge in [0.15, 0.2) is 0 Å². The molecule has 0 heterocycles. The van der Waals surface area contributed by atoms with Crippen LogP contribution in [0.3, 0.4) is 0 Å². The van der Waals surface area contributed by atoms with Crippen LogP contribution in [-0.4, -0.2) is 12.5 Å². The highest BCUT2D eigenvalue weighted by atomic mass is 16.1. The lowest BCUT2D eigenvalue weighted by Gasteiger charge is -2.04. The molecule has 12 heavy (non-hydrogen) atoms. The quantitative estimate of drug-likeness (QED) is 0.671. The zero-order valence-electron chi connectivity index (χ0n) is 8.69. The average molecular weight is 169 g/mol. The average Bonchev–Trinajstić information content (AvgIpc) is 2.21. The Morgan fingerprint density at radius 2 is 1.67 bits per heavy atom. The van der Waals surface area contributed by atoms with Crippen LogP contribution in [0.5, 0.6) is 0 Å². The standard InChI is InChI=1S/C10H19NO/c1-7(12)11-6-8-9(2,3)10(8,4)5/h8H,6H2,1-5H3,(H,11,12). The Morgan fingerprint density at radius 1 is 1.25 bits per heavy atom. The highest BCUT2D eigenvalue weighted by molar-refractivity contribution is 5.72. The third-order valence-electron chi connectivity index (χ3n) is 3.87. The lowest BCUT2D eigenvalue weighted by molar-refractivity contribution is -0.119. The van der Waals surface area contributed by atoms with Crippen molar-refractivity contribution in [2.75, 3.05) is 6.54 Å². The maximum atomic E-state index is 10.7. The van der Waals surface area contributed by atoms with Crippen LogP contribution in [0.25, 0.3) is 0 Å². The van der Waals surface area contributed by atoms with Crippen molar-refractivity contribution in [3.8, 4) is 0 Å². The molecule has 70 valence electrons. The molecule has 0 atom stereocenters. The van der Waals surface area contributed by atoms with Gasteiger partial charge in [0.1, 0.15) is 0 Å². The molecule has 1 saturated carbocycles. The third kappa shape index (κ3) is 1.23. The first-order chi connectivity index (χ1) is 5.30. The van der Waals surface area contributed by atoms with Gasteiger partial charge in [-0.3, -0.25) is 4.79 Å². The molecule has 0 aromatic heterocycles. The van der Waals surface area contributed by atoms with Crippen molar-refractivity contribution in [2.24, 2.45) is 16.7 Å². The molecule has 0 aliphatic heterocycles. The van der Waals surface area contributed by atoms with Gasteiger partial charge in [-0.1, -0.05) is 27.7 Å². The number of hydrogen-bond donors (Lipinski definition) is 1. The van der Waals surface area contributed by atoms with Crippen LogP contribution in [0.4, 0.5) is 0 Å². The second kappa shape index (κ2) is 2.48. The van der Waals surface area contributed by atoms with Crippen LogP contribution in [-0.2, 0) is 4.79 Å². The van der Waals surface area contributed by atoms with Gasteiger partial charge in [0.25, 0.3) is 0 Å². The molecular weight excluding hydrogens is 150 g/mol. The molecule has 0 bridgehead atoms. The summed E-state index contributed by atoms with van der Waals surface area (Å²) in [4.78, 5) is 10.7. The first kappa shape index (κ1) is 9.56. The Kier molecular flexibility index (Phi) is 1.97. The van der Waals surface area contributed by atoms with Gasteiger partial charge in [-0.2, -0.15) is 0 Å². The fourth-order valence-electron chi connectivity index (χ4n) is 2.09. The summed E-state index contributed by atoms with van der Waals surface area (Å²) < 4.78 is 0. The second-order valence-electron chi connectivity index (χ2n) is 4.93. The van der Waals surface area contributed by atoms with Crippen molar-refractivity contribution in [1.29, 1.82) is 0 Å². The number of nitrogens with one attached hydrogen (secondary N) is 1. The van der Waals surface area contributed by atoms with E-state index in [1.165, 1.54) is 0 Å². The molecule has 1 amide bonds. The van der Waals surface area contributed by atoms with E-state index < -0.39 is 0 Å². The SMILES string of the molecule is CC(=O)NCC1C(C)(C)C1(C)C. The highest BCUT2D eigenvalue weighted by Gasteiger charge is 2.64. The Hall–Kier alpha value is -0.530. The summed E-state index contributed by atoms with van der Waals surface area (Å²) in [6, 6.07) is 0. The molecule has 0 aromatic rings. The number of amides is 1. The monoisotopic (exact) mass is 169 g/mol. The normalized spacial score (nSPS) is 25.1. The predicted molar refractivity (Wildman–Crippen MR) is 49.7 cm³/mol. The zero-order chi connectivity index (χ0) is 9.57. The smallest absolute Gasteiger partial charge is 0.216 e. The molecule has 1 N–H and O–H groups in total. The maximum Gasteiger partial charge on any atom is 0.216 e. The van der Waals surface area contributed by atoms with Gasteiger partial charge in [0, 0.05) is 13.5 Å². The van der Waals surface area contributed by atoms with Crippen molar-refractivity contribution in [3.63, 3.8) is 0 Å². The maximum absolute atomic E-state index is 10.7. The number of rotatable bonds is 2. The van der Waals surface area contributed by atoms with Crippen molar-refractivity contribution < 1.29 is 4.79 Å². The van der Waals surface area contributed by atoms with Crippen LogP contribution < -0.4 is 5.32 Å². The largest absolute Gasteiger partial charge is 0.356 e. The van der Waals surface area contributed by atoms with E-state index >= 15 is 0 Å². The number of hydrogen-bond acceptors (Lipinski definition) is 1. The van der Waals surface area contributed by atoms with E-state index in [2.05, 4.69) is 33.0 Å². The molecule has 0 aromatic carbocycles. The van der Waals surface area contributed by atoms with Gasteiger partial charge in [-0.25, -0.2) is 0 Å². The van der Waals surface area contributed by atoms with Crippen molar-refractivity contribution in [2.45, 2.75) is 34.6 Å². The highest BCUT2D eigenvalue weighted by Crippen LogP contribution is 2.67. The molecule has 1 rings (SSSR count). The fraction of sp³-hybridized carbons (Fsp3) is 0.900. The Balaban J connectivity index is 2.44. The summed E-state index contributed by atoms with van der Waals surface area (Å²) in [5.41, 5.74) is 0.769. The lowest BCUT2D eigenvalue weighted by Crippen LogP contribution is -2.24. The van der Waals surface area contributed by atoms with Crippen molar-refractivity contribution in [3.05, 3.63) is 0 Å². The molecule has 1 fully saturated rings. The van der Waals surface area contributed by atoms with E-state index in [0.717, 1.165) is 6.54 Å². The van der Waals surface area contributed by atoms with E-state index in [0.29, 0.717) is 16.7 Å². The van der Waals surface area contributed by atoms with Gasteiger partial charge < -0.3 is 5.32 Å². The first-order valence-electron chi connectivity index (χ1n) is 4.54. The number of carbonyl (C=O) groups is 1.